The topological polar surface area (TPSA) is 91.4 Å². The summed E-state index contributed by atoms with van der Waals surface area (Å²) in [4.78, 5) is 40.5. The van der Waals surface area contributed by atoms with Gasteiger partial charge in [0, 0.05) is 6.92 Å². The molecular weight excluding hydrogens is 354 g/mol. The molecule has 2 atom stereocenters. The van der Waals surface area contributed by atoms with Crippen LogP contribution in [-0.4, -0.2) is 55.1 Å². The van der Waals surface area contributed by atoms with Crippen LogP contribution in [0.3, 0.4) is 0 Å². The van der Waals surface area contributed by atoms with Crippen LogP contribution in [0.4, 0.5) is 0 Å². The van der Waals surface area contributed by atoms with Crippen LogP contribution < -0.4 is 0 Å². The number of imide groups is 1. The van der Waals surface area contributed by atoms with Crippen LogP contribution >= 0.6 is 0 Å². The summed E-state index contributed by atoms with van der Waals surface area (Å²) < 4.78 is 16.4. The Balaban J connectivity index is 1.35. The Morgan fingerprint density at radius 2 is 1.85 bits per heavy atom. The SMILES string of the molecule is CC(=O)OC[C@H]1CCC[C@@H](OCCCON2C(=O)c3ccccc3C2=O)O1. The summed E-state index contributed by atoms with van der Waals surface area (Å²) in [6.07, 6.45) is 2.54. The van der Waals surface area contributed by atoms with E-state index in [1.54, 1.807) is 24.3 Å². The molecule has 0 saturated carbocycles. The van der Waals surface area contributed by atoms with Gasteiger partial charge in [0.1, 0.15) is 6.61 Å². The van der Waals surface area contributed by atoms with Crippen molar-refractivity contribution in [1.29, 1.82) is 0 Å². The lowest BCUT2D eigenvalue weighted by atomic mass is 10.1. The fourth-order valence-electron chi connectivity index (χ4n) is 3.03. The standard InChI is InChI=1S/C19H23NO7/c1-13(21)25-12-14-6-4-9-17(27-14)24-10-5-11-26-20-18(22)15-7-2-3-8-16(15)19(20)23/h2-3,7-8,14,17H,4-6,9-12H2,1H3/t14-,17+/m1/s1. The van der Waals surface area contributed by atoms with Crippen molar-refractivity contribution < 1.29 is 33.4 Å². The van der Waals surface area contributed by atoms with Gasteiger partial charge in [-0.1, -0.05) is 12.1 Å². The average Bonchev–Trinajstić information content (AvgIpc) is 2.91. The van der Waals surface area contributed by atoms with Crippen LogP contribution in [-0.2, 0) is 23.8 Å². The van der Waals surface area contributed by atoms with Crippen LogP contribution in [0.25, 0.3) is 0 Å². The molecule has 0 bridgehead atoms. The Bertz CT molecular complexity index is 670. The second kappa shape index (κ2) is 9.07. The molecule has 0 spiro atoms. The molecule has 8 heteroatoms. The fraction of sp³-hybridized carbons (Fsp3) is 0.526. The minimum absolute atomic E-state index is 0.151. The number of hydrogen-bond acceptors (Lipinski definition) is 7. The van der Waals surface area contributed by atoms with Crippen molar-refractivity contribution in [2.75, 3.05) is 19.8 Å². The summed E-state index contributed by atoms with van der Waals surface area (Å²) in [5, 5.41) is 0.802. The number of ether oxygens (including phenoxy) is 3. The van der Waals surface area contributed by atoms with Gasteiger partial charge in [0.2, 0.25) is 0 Å². The number of hydroxylamine groups is 2. The maximum Gasteiger partial charge on any atom is 0.302 e. The summed E-state index contributed by atoms with van der Waals surface area (Å²) >= 11 is 0. The highest BCUT2D eigenvalue weighted by atomic mass is 16.7. The second-order valence-electron chi connectivity index (χ2n) is 6.43. The number of amides is 2. The lowest BCUT2D eigenvalue weighted by Gasteiger charge is -2.29. The molecule has 146 valence electrons. The molecule has 0 N–H and O–H groups in total. The van der Waals surface area contributed by atoms with Gasteiger partial charge in [-0.2, -0.15) is 0 Å². The Hall–Kier alpha value is -2.29. The van der Waals surface area contributed by atoms with Crippen LogP contribution in [0, 0.1) is 0 Å². The molecule has 2 aliphatic heterocycles. The summed E-state index contributed by atoms with van der Waals surface area (Å²) in [5.41, 5.74) is 0.710. The van der Waals surface area contributed by atoms with Crippen molar-refractivity contribution >= 4 is 17.8 Å². The zero-order chi connectivity index (χ0) is 19.2. The van der Waals surface area contributed by atoms with Crippen molar-refractivity contribution in [2.45, 2.75) is 45.0 Å². The van der Waals surface area contributed by atoms with Crippen LogP contribution in [0.15, 0.2) is 24.3 Å². The van der Waals surface area contributed by atoms with Gasteiger partial charge in [0.15, 0.2) is 6.29 Å². The number of rotatable bonds is 8. The van der Waals surface area contributed by atoms with Gasteiger partial charge < -0.3 is 14.2 Å². The first-order valence-electron chi connectivity index (χ1n) is 9.07. The number of benzene rings is 1. The number of fused-ring (bicyclic) bond motifs is 1. The Labute approximate surface area is 157 Å². The van der Waals surface area contributed by atoms with Crippen molar-refractivity contribution in [3.05, 3.63) is 35.4 Å². The molecule has 0 radical (unpaired) electrons. The fourth-order valence-corrected chi connectivity index (χ4v) is 3.03. The van der Waals surface area contributed by atoms with E-state index in [4.69, 9.17) is 19.0 Å². The van der Waals surface area contributed by atoms with Gasteiger partial charge in [-0.05, 0) is 37.8 Å². The highest BCUT2D eigenvalue weighted by Crippen LogP contribution is 2.23. The van der Waals surface area contributed by atoms with E-state index < -0.39 is 11.8 Å². The molecule has 2 aliphatic rings. The molecule has 1 fully saturated rings. The number of nitrogens with zero attached hydrogens (tertiary/aromatic N) is 1. The normalized spacial score (nSPS) is 22.0. The number of carbonyl (C=O) groups excluding carboxylic acids is 3. The summed E-state index contributed by atoms with van der Waals surface area (Å²) in [6, 6.07) is 6.63. The maximum absolute atomic E-state index is 12.2. The third-order valence-electron chi connectivity index (χ3n) is 4.35. The molecule has 3 rings (SSSR count). The maximum atomic E-state index is 12.2. The molecule has 8 nitrogen and oxygen atoms in total. The van der Waals surface area contributed by atoms with Crippen molar-refractivity contribution in [1.82, 2.24) is 5.06 Å². The minimum Gasteiger partial charge on any atom is -0.463 e. The van der Waals surface area contributed by atoms with E-state index in [2.05, 4.69) is 0 Å². The molecule has 1 saturated heterocycles. The van der Waals surface area contributed by atoms with Crippen LogP contribution in [0.5, 0.6) is 0 Å². The molecule has 0 aliphatic carbocycles. The zero-order valence-electron chi connectivity index (χ0n) is 15.2. The van der Waals surface area contributed by atoms with Crippen molar-refractivity contribution in [3.63, 3.8) is 0 Å². The first-order valence-corrected chi connectivity index (χ1v) is 9.07. The quantitative estimate of drug-likeness (QED) is 0.389. The van der Waals surface area contributed by atoms with Gasteiger partial charge in [0.25, 0.3) is 11.8 Å². The van der Waals surface area contributed by atoms with Gasteiger partial charge in [-0.25, -0.2) is 0 Å². The van der Waals surface area contributed by atoms with Gasteiger partial charge >= 0.3 is 5.97 Å². The Morgan fingerprint density at radius 1 is 1.15 bits per heavy atom. The van der Waals surface area contributed by atoms with E-state index in [0.717, 1.165) is 24.3 Å². The van der Waals surface area contributed by atoms with Crippen molar-refractivity contribution in [3.8, 4) is 0 Å². The highest BCUT2D eigenvalue weighted by Gasteiger charge is 2.36. The molecule has 0 unspecified atom stereocenters. The first kappa shape index (κ1) is 19.5. The Morgan fingerprint density at radius 3 is 2.52 bits per heavy atom. The monoisotopic (exact) mass is 377 g/mol. The smallest absolute Gasteiger partial charge is 0.302 e. The van der Waals surface area contributed by atoms with Crippen LogP contribution in [0.2, 0.25) is 0 Å². The average molecular weight is 377 g/mol. The third kappa shape index (κ3) is 4.91. The van der Waals surface area contributed by atoms with E-state index in [9.17, 15) is 14.4 Å². The molecule has 27 heavy (non-hydrogen) atoms. The highest BCUT2D eigenvalue weighted by molar-refractivity contribution is 6.20. The minimum atomic E-state index is -0.444. The van der Waals surface area contributed by atoms with E-state index >= 15 is 0 Å². The molecule has 2 heterocycles. The van der Waals surface area contributed by atoms with Crippen LogP contribution in [0.1, 0.15) is 53.3 Å². The summed E-state index contributed by atoms with van der Waals surface area (Å²) in [6.45, 7) is 2.15. The van der Waals surface area contributed by atoms with E-state index in [1.165, 1.54) is 6.92 Å². The predicted octanol–water partition coefficient (Wildman–Crippen LogP) is 2.08. The van der Waals surface area contributed by atoms with E-state index in [-0.39, 0.29) is 31.6 Å². The predicted molar refractivity (Wildman–Crippen MR) is 92.6 cm³/mol. The lowest BCUT2D eigenvalue weighted by Crippen LogP contribution is -2.34. The molecule has 1 aromatic rings. The van der Waals surface area contributed by atoms with E-state index in [1.807, 2.05) is 0 Å². The summed E-state index contributed by atoms with van der Waals surface area (Å²) in [7, 11) is 0. The largest absolute Gasteiger partial charge is 0.463 e. The third-order valence-corrected chi connectivity index (χ3v) is 4.35. The number of esters is 1. The van der Waals surface area contributed by atoms with Crippen molar-refractivity contribution in [2.24, 2.45) is 0 Å². The van der Waals surface area contributed by atoms with Gasteiger partial charge in [0.05, 0.1) is 30.4 Å². The molecular formula is C19H23NO7. The van der Waals surface area contributed by atoms with E-state index in [0.29, 0.717) is 24.2 Å². The number of hydrogen-bond donors (Lipinski definition) is 0. The lowest BCUT2D eigenvalue weighted by molar-refractivity contribution is -0.207. The van der Waals surface area contributed by atoms with Gasteiger partial charge in [-0.15, -0.1) is 5.06 Å². The zero-order valence-corrected chi connectivity index (χ0v) is 15.2. The molecule has 1 aromatic carbocycles. The second-order valence-corrected chi connectivity index (χ2v) is 6.43. The molecule has 0 aromatic heterocycles. The van der Waals surface area contributed by atoms with Gasteiger partial charge in [-0.3, -0.25) is 19.2 Å². The number of carbonyl (C=O) groups is 3. The Kier molecular flexibility index (Phi) is 6.54. The summed E-state index contributed by atoms with van der Waals surface area (Å²) in [5.74, 6) is -1.21. The molecule has 2 amide bonds. The first-order chi connectivity index (χ1) is 13.1.